The van der Waals surface area contributed by atoms with Crippen molar-refractivity contribution in [1.29, 1.82) is 0 Å². The van der Waals surface area contributed by atoms with E-state index in [9.17, 15) is 14.7 Å². The van der Waals surface area contributed by atoms with Crippen molar-refractivity contribution in [3.63, 3.8) is 0 Å². The maximum absolute atomic E-state index is 12.2. The number of hydrogen-bond donors (Lipinski definition) is 2. The third-order valence-corrected chi connectivity index (χ3v) is 4.00. The lowest BCUT2D eigenvalue weighted by atomic mass is 9.81. The molecule has 3 atom stereocenters. The fourth-order valence-corrected chi connectivity index (χ4v) is 3.00. The Balaban J connectivity index is 2.22. The Morgan fingerprint density at radius 1 is 1.25 bits per heavy atom. The van der Waals surface area contributed by atoms with Crippen LogP contribution in [0.5, 0.6) is 0 Å². The summed E-state index contributed by atoms with van der Waals surface area (Å²) in [5.74, 6) is -1.59. The fraction of sp³-hybridized carbons (Fsp3) is 0.500. The van der Waals surface area contributed by atoms with Crippen LogP contribution in [0.2, 0.25) is 0 Å². The van der Waals surface area contributed by atoms with Crippen LogP contribution in [0.4, 0.5) is 0 Å². The van der Waals surface area contributed by atoms with E-state index in [-0.39, 0.29) is 17.7 Å². The first-order valence-electron chi connectivity index (χ1n) is 7.23. The molecule has 1 aromatic carbocycles. The number of rotatable bonds is 6. The Morgan fingerprint density at radius 2 is 1.95 bits per heavy atom. The lowest BCUT2D eigenvalue weighted by Crippen LogP contribution is -2.36. The average molecular weight is 275 g/mol. The van der Waals surface area contributed by atoms with Gasteiger partial charge in [-0.25, -0.2) is 4.79 Å². The van der Waals surface area contributed by atoms with E-state index >= 15 is 0 Å². The largest absolute Gasteiger partial charge is 0.480 e. The molecule has 2 N–H and O–H groups in total. The van der Waals surface area contributed by atoms with Gasteiger partial charge in [-0.15, -0.1) is 0 Å². The van der Waals surface area contributed by atoms with Crippen LogP contribution in [-0.2, 0) is 9.59 Å². The van der Waals surface area contributed by atoms with E-state index in [1.807, 2.05) is 30.3 Å². The number of aliphatic carboxylic acids is 1. The van der Waals surface area contributed by atoms with Crippen molar-refractivity contribution in [2.45, 2.75) is 44.6 Å². The quantitative estimate of drug-likeness (QED) is 0.784. The van der Waals surface area contributed by atoms with Crippen molar-refractivity contribution in [1.82, 2.24) is 5.32 Å². The fourth-order valence-electron chi connectivity index (χ4n) is 3.00. The third kappa shape index (κ3) is 3.00. The van der Waals surface area contributed by atoms with Gasteiger partial charge in [0.15, 0.2) is 0 Å². The van der Waals surface area contributed by atoms with Gasteiger partial charge < -0.3 is 10.4 Å². The van der Waals surface area contributed by atoms with Gasteiger partial charge in [0.05, 0.1) is 5.92 Å². The second-order valence-electron chi connectivity index (χ2n) is 5.37. The van der Waals surface area contributed by atoms with E-state index in [0.717, 1.165) is 31.2 Å². The van der Waals surface area contributed by atoms with Crippen molar-refractivity contribution in [3.8, 4) is 0 Å². The molecular formula is C16H21NO3. The summed E-state index contributed by atoms with van der Waals surface area (Å²) in [4.78, 5) is 23.5. The van der Waals surface area contributed by atoms with Gasteiger partial charge in [-0.2, -0.15) is 0 Å². The molecule has 20 heavy (non-hydrogen) atoms. The van der Waals surface area contributed by atoms with Crippen LogP contribution in [0.25, 0.3) is 0 Å². The Hall–Kier alpha value is -1.84. The first-order valence-corrected chi connectivity index (χ1v) is 7.23. The molecule has 4 heteroatoms. The minimum absolute atomic E-state index is 0.158. The minimum atomic E-state index is -0.932. The molecule has 1 aliphatic rings. The number of unbranched alkanes of at least 4 members (excludes halogenated alkanes) is 2. The maximum Gasteiger partial charge on any atom is 0.326 e. The van der Waals surface area contributed by atoms with Gasteiger partial charge in [0, 0.05) is 5.92 Å². The molecule has 0 radical (unpaired) electrons. The van der Waals surface area contributed by atoms with Gasteiger partial charge >= 0.3 is 5.97 Å². The number of carbonyl (C=O) groups excluding carboxylic acids is 1. The minimum Gasteiger partial charge on any atom is -0.480 e. The lowest BCUT2D eigenvalue weighted by Gasteiger charge is -2.20. The molecule has 1 fully saturated rings. The van der Waals surface area contributed by atoms with Crippen LogP contribution in [0.1, 0.15) is 44.1 Å². The Kier molecular flexibility index (Phi) is 4.77. The number of nitrogens with one attached hydrogen (secondary N) is 1. The van der Waals surface area contributed by atoms with Crippen LogP contribution in [-0.4, -0.2) is 23.0 Å². The normalized spacial score (nSPS) is 25.4. The van der Waals surface area contributed by atoms with Gasteiger partial charge in [-0.05, 0) is 12.0 Å². The van der Waals surface area contributed by atoms with E-state index in [0.29, 0.717) is 0 Å². The van der Waals surface area contributed by atoms with Gasteiger partial charge in [0.2, 0.25) is 5.91 Å². The second kappa shape index (κ2) is 6.55. The monoisotopic (exact) mass is 275 g/mol. The van der Waals surface area contributed by atoms with E-state index < -0.39 is 12.0 Å². The molecule has 4 nitrogen and oxygen atoms in total. The molecular weight excluding hydrogens is 254 g/mol. The molecule has 0 aromatic heterocycles. The summed E-state index contributed by atoms with van der Waals surface area (Å²) in [5.41, 5.74) is 0.912. The highest BCUT2D eigenvalue weighted by Crippen LogP contribution is 2.36. The molecule has 1 aliphatic heterocycles. The predicted octanol–water partition coefficient (Wildman–Crippen LogP) is 2.55. The summed E-state index contributed by atoms with van der Waals surface area (Å²) >= 11 is 0. The highest BCUT2D eigenvalue weighted by molar-refractivity contribution is 5.93. The summed E-state index contributed by atoms with van der Waals surface area (Å²) in [6.07, 6.45) is 3.88. The summed E-state index contributed by atoms with van der Waals surface area (Å²) in [6.45, 7) is 2.11. The van der Waals surface area contributed by atoms with Crippen molar-refractivity contribution < 1.29 is 14.7 Å². The number of hydrogen-bond acceptors (Lipinski definition) is 2. The molecule has 0 aliphatic carbocycles. The van der Waals surface area contributed by atoms with Crippen molar-refractivity contribution in [3.05, 3.63) is 35.9 Å². The molecule has 0 unspecified atom stereocenters. The molecule has 0 bridgehead atoms. The highest BCUT2D eigenvalue weighted by Gasteiger charge is 2.45. The van der Waals surface area contributed by atoms with Crippen LogP contribution >= 0.6 is 0 Å². The molecule has 1 amide bonds. The predicted molar refractivity (Wildman–Crippen MR) is 76.4 cm³/mol. The van der Waals surface area contributed by atoms with Crippen LogP contribution in [0, 0.1) is 5.92 Å². The highest BCUT2D eigenvalue weighted by atomic mass is 16.4. The summed E-state index contributed by atoms with van der Waals surface area (Å²) in [5, 5.41) is 11.9. The van der Waals surface area contributed by atoms with Gasteiger partial charge in [0.25, 0.3) is 0 Å². The number of carboxylic acid groups (broad SMARTS) is 1. The SMILES string of the molecule is CCCCC[C@H]1[C@@H](C(=O)O)NC(=O)[C@@H]1c1ccccc1. The number of carboxylic acids is 1. The van der Waals surface area contributed by atoms with Gasteiger partial charge in [-0.3, -0.25) is 4.79 Å². The number of amides is 1. The standard InChI is InChI=1S/C16H21NO3/c1-2-3-5-10-12-13(11-8-6-4-7-9-11)15(18)17-14(12)16(19)20/h4,6-9,12-14H,2-3,5,10H2,1H3,(H,17,18)(H,19,20)/t12-,13-,14+/m1/s1. The lowest BCUT2D eigenvalue weighted by molar-refractivity contribution is -0.141. The van der Waals surface area contributed by atoms with Gasteiger partial charge in [-0.1, -0.05) is 56.5 Å². The van der Waals surface area contributed by atoms with Crippen molar-refractivity contribution >= 4 is 11.9 Å². The van der Waals surface area contributed by atoms with Crippen LogP contribution < -0.4 is 5.32 Å². The van der Waals surface area contributed by atoms with Crippen LogP contribution in [0.15, 0.2) is 30.3 Å². The summed E-state index contributed by atoms with van der Waals surface area (Å²) < 4.78 is 0. The number of benzene rings is 1. The van der Waals surface area contributed by atoms with Gasteiger partial charge in [0.1, 0.15) is 6.04 Å². The Bertz CT molecular complexity index is 472. The molecule has 108 valence electrons. The Labute approximate surface area is 119 Å². The zero-order chi connectivity index (χ0) is 14.5. The van der Waals surface area contributed by atoms with Crippen LogP contribution in [0.3, 0.4) is 0 Å². The summed E-state index contributed by atoms with van der Waals surface area (Å²) in [6, 6.07) is 8.73. The average Bonchev–Trinajstić information content (AvgIpc) is 2.77. The Morgan fingerprint density at radius 3 is 2.55 bits per heavy atom. The zero-order valence-electron chi connectivity index (χ0n) is 11.7. The molecule has 1 saturated heterocycles. The van der Waals surface area contributed by atoms with E-state index in [2.05, 4.69) is 12.2 Å². The summed E-state index contributed by atoms with van der Waals surface area (Å²) in [7, 11) is 0. The molecule has 0 saturated carbocycles. The smallest absolute Gasteiger partial charge is 0.326 e. The number of carbonyl (C=O) groups is 2. The molecule has 1 heterocycles. The van der Waals surface area contributed by atoms with Crippen molar-refractivity contribution in [2.75, 3.05) is 0 Å². The zero-order valence-corrected chi connectivity index (χ0v) is 11.7. The molecule has 2 rings (SSSR count). The van der Waals surface area contributed by atoms with E-state index in [1.165, 1.54) is 0 Å². The molecule has 1 aromatic rings. The van der Waals surface area contributed by atoms with E-state index in [1.54, 1.807) is 0 Å². The third-order valence-electron chi connectivity index (χ3n) is 4.00. The molecule has 0 spiro atoms. The van der Waals surface area contributed by atoms with E-state index in [4.69, 9.17) is 0 Å². The first kappa shape index (κ1) is 14.6. The second-order valence-corrected chi connectivity index (χ2v) is 5.37. The van der Waals surface area contributed by atoms with Crippen molar-refractivity contribution in [2.24, 2.45) is 5.92 Å². The maximum atomic E-state index is 12.2. The first-order chi connectivity index (χ1) is 9.65. The topological polar surface area (TPSA) is 66.4 Å².